The van der Waals surface area contributed by atoms with E-state index in [0.29, 0.717) is 6.61 Å². The normalized spacial score (nSPS) is 34.4. The highest BCUT2D eigenvalue weighted by atomic mass is 16.7. The molecule has 7 N–H and O–H groups in total. The molecule has 2 aliphatic rings. The van der Waals surface area contributed by atoms with Gasteiger partial charge in [-0.15, -0.1) is 0 Å². The number of allylic oxidation sites excluding steroid dienone is 2. The van der Waals surface area contributed by atoms with E-state index in [4.69, 9.17) is 18.9 Å². The Morgan fingerprint density at radius 3 is 1.66 bits per heavy atom. The lowest BCUT2D eigenvalue weighted by atomic mass is 9.97. The third kappa shape index (κ3) is 12.4. The molecular formula is C30H56O11. The smallest absolute Gasteiger partial charge is 0.187 e. The molecule has 41 heavy (non-hydrogen) atoms. The highest BCUT2D eigenvalue weighted by molar-refractivity contribution is 4.94. The lowest BCUT2D eigenvalue weighted by Crippen LogP contribution is -2.64. The first kappa shape index (κ1) is 36.5. The van der Waals surface area contributed by atoms with E-state index in [-0.39, 0.29) is 0 Å². The molecule has 0 bridgehead atoms. The van der Waals surface area contributed by atoms with Crippen LogP contribution in [0.15, 0.2) is 12.2 Å². The van der Waals surface area contributed by atoms with Gasteiger partial charge in [0.05, 0.1) is 13.2 Å². The molecule has 0 aromatic heterocycles. The summed E-state index contributed by atoms with van der Waals surface area (Å²) in [6.07, 6.45) is 6.90. The molecule has 0 aromatic carbocycles. The molecule has 2 rings (SSSR count). The van der Waals surface area contributed by atoms with Crippen LogP contribution < -0.4 is 0 Å². The van der Waals surface area contributed by atoms with Crippen molar-refractivity contribution < 1.29 is 54.7 Å². The van der Waals surface area contributed by atoms with Gasteiger partial charge in [0.15, 0.2) is 12.6 Å². The molecule has 11 nitrogen and oxygen atoms in total. The SMILES string of the molecule is CCCCCCCC/C=C\CCCCCCCCOC1OC(CO)C(OC2OC(CO)C(O)C(O)C2O)C(O)C1O. The minimum absolute atomic E-state index is 0.312. The van der Waals surface area contributed by atoms with Crippen LogP contribution in [0.4, 0.5) is 0 Å². The van der Waals surface area contributed by atoms with Gasteiger partial charge in [0.2, 0.25) is 0 Å². The Morgan fingerprint density at radius 1 is 0.561 bits per heavy atom. The summed E-state index contributed by atoms with van der Waals surface area (Å²) in [5.74, 6) is 0. The zero-order valence-electron chi connectivity index (χ0n) is 24.7. The Bertz CT molecular complexity index is 677. The summed E-state index contributed by atoms with van der Waals surface area (Å²) in [6, 6.07) is 0. The van der Waals surface area contributed by atoms with E-state index in [2.05, 4.69) is 19.1 Å². The lowest BCUT2D eigenvalue weighted by Gasteiger charge is -2.45. The van der Waals surface area contributed by atoms with Gasteiger partial charge >= 0.3 is 0 Å². The first-order valence-electron chi connectivity index (χ1n) is 15.7. The zero-order valence-corrected chi connectivity index (χ0v) is 24.7. The van der Waals surface area contributed by atoms with E-state index >= 15 is 0 Å². The van der Waals surface area contributed by atoms with Crippen molar-refractivity contribution >= 4 is 0 Å². The fourth-order valence-corrected chi connectivity index (χ4v) is 5.24. The molecule has 2 fully saturated rings. The number of hydrogen-bond donors (Lipinski definition) is 7. The average Bonchev–Trinajstić information content (AvgIpc) is 2.98. The van der Waals surface area contributed by atoms with Crippen LogP contribution in [0, 0.1) is 0 Å². The van der Waals surface area contributed by atoms with Crippen molar-refractivity contribution in [1.82, 2.24) is 0 Å². The van der Waals surface area contributed by atoms with Crippen molar-refractivity contribution in [1.29, 1.82) is 0 Å². The van der Waals surface area contributed by atoms with Crippen LogP contribution in [-0.2, 0) is 18.9 Å². The van der Waals surface area contributed by atoms with Gasteiger partial charge in [0.1, 0.15) is 48.8 Å². The van der Waals surface area contributed by atoms with Gasteiger partial charge in [0.25, 0.3) is 0 Å². The van der Waals surface area contributed by atoms with Crippen LogP contribution in [-0.4, -0.2) is 117 Å². The van der Waals surface area contributed by atoms with E-state index < -0.39 is 74.6 Å². The van der Waals surface area contributed by atoms with Crippen LogP contribution in [0.1, 0.15) is 96.8 Å². The summed E-state index contributed by atoms with van der Waals surface area (Å²) in [7, 11) is 0. The maximum absolute atomic E-state index is 10.7. The topological polar surface area (TPSA) is 179 Å². The maximum Gasteiger partial charge on any atom is 0.187 e. The molecule has 0 aromatic rings. The summed E-state index contributed by atoms with van der Waals surface area (Å²) < 4.78 is 22.1. The number of rotatable bonds is 21. The monoisotopic (exact) mass is 592 g/mol. The minimum Gasteiger partial charge on any atom is -0.394 e. The van der Waals surface area contributed by atoms with E-state index in [9.17, 15) is 35.7 Å². The van der Waals surface area contributed by atoms with Crippen LogP contribution >= 0.6 is 0 Å². The van der Waals surface area contributed by atoms with Gasteiger partial charge in [0, 0.05) is 6.61 Å². The average molecular weight is 593 g/mol. The molecule has 0 radical (unpaired) electrons. The summed E-state index contributed by atoms with van der Waals surface area (Å²) in [5, 5.41) is 70.5. The van der Waals surface area contributed by atoms with Crippen molar-refractivity contribution in [3.63, 3.8) is 0 Å². The van der Waals surface area contributed by atoms with Crippen molar-refractivity contribution in [2.45, 2.75) is 158 Å². The van der Waals surface area contributed by atoms with Crippen LogP contribution in [0.25, 0.3) is 0 Å². The number of hydrogen-bond acceptors (Lipinski definition) is 11. The number of aliphatic hydroxyl groups excluding tert-OH is 7. The van der Waals surface area contributed by atoms with Crippen LogP contribution in [0.2, 0.25) is 0 Å². The molecule has 2 saturated heterocycles. The summed E-state index contributed by atoms with van der Waals surface area (Å²) in [6.45, 7) is 1.33. The first-order valence-corrected chi connectivity index (χ1v) is 15.7. The van der Waals surface area contributed by atoms with Crippen molar-refractivity contribution in [2.24, 2.45) is 0 Å². The van der Waals surface area contributed by atoms with Gasteiger partial charge in [-0.2, -0.15) is 0 Å². The number of unbranched alkanes of at least 4 members (excludes halogenated alkanes) is 12. The number of aliphatic hydroxyl groups is 7. The summed E-state index contributed by atoms with van der Waals surface area (Å²) >= 11 is 0. The van der Waals surface area contributed by atoms with Crippen molar-refractivity contribution in [3.8, 4) is 0 Å². The van der Waals surface area contributed by atoms with E-state index in [1.165, 1.54) is 57.8 Å². The molecule has 242 valence electrons. The zero-order chi connectivity index (χ0) is 30.0. The molecule has 10 atom stereocenters. The fraction of sp³-hybridized carbons (Fsp3) is 0.933. The Hall–Kier alpha value is -0.700. The Kier molecular flexibility index (Phi) is 18.8. The Labute approximate surface area is 245 Å². The molecule has 0 spiro atoms. The molecular weight excluding hydrogens is 536 g/mol. The standard InChI is InChI=1S/C30H56O11/c1-2-3-4-5-6-7-8-9-10-11-12-13-14-15-16-17-18-38-29-27(37)25(35)28(22(20-32)40-29)41-30-26(36)24(34)23(33)21(19-31)39-30/h9-10,21-37H,2-8,11-20H2,1H3/b10-9-. The van der Waals surface area contributed by atoms with Gasteiger partial charge < -0.3 is 54.7 Å². The van der Waals surface area contributed by atoms with Crippen LogP contribution in [0.3, 0.4) is 0 Å². The summed E-state index contributed by atoms with van der Waals surface area (Å²) in [4.78, 5) is 0. The first-order chi connectivity index (χ1) is 19.8. The highest BCUT2D eigenvalue weighted by Crippen LogP contribution is 2.29. The molecule has 2 heterocycles. The molecule has 0 saturated carbocycles. The fourth-order valence-electron chi connectivity index (χ4n) is 5.24. The quantitative estimate of drug-likeness (QED) is 0.0761. The number of ether oxygens (including phenoxy) is 4. The second kappa shape index (κ2) is 21.1. The van der Waals surface area contributed by atoms with Gasteiger partial charge in [-0.1, -0.05) is 76.9 Å². The Morgan fingerprint density at radius 2 is 1.07 bits per heavy atom. The van der Waals surface area contributed by atoms with Gasteiger partial charge in [-0.05, 0) is 32.1 Å². The van der Waals surface area contributed by atoms with E-state index in [1.54, 1.807) is 0 Å². The summed E-state index contributed by atoms with van der Waals surface area (Å²) in [5.41, 5.74) is 0. The molecule has 10 unspecified atom stereocenters. The Balaban J connectivity index is 1.59. The van der Waals surface area contributed by atoms with E-state index in [0.717, 1.165) is 32.1 Å². The largest absolute Gasteiger partial charge is 0.394 e. The molecule has 11 heteroatoms. The second-order valence-electron chi connectivity index (χ2n) is 11.3. The predicted molar refractivity (Wildman–Crippen MR) is 152 cm³/mol. The molecule has 0 aliphatic carbocycles. The predicted octanol–water partition coefficient (Wildman–Crippen LogP) is 1.66. The van der Waals surface area contributed by atoms with Gasteiger partial charge in [-0.25, -0.2) is 0 Å². The third-order valence-corrected chi connectivity index (χ3v) is 7.90. The van der Waals surface area contributed by atoms with Crippen molar-refractivity contribution in [2.75, 3.05) is 19.8 Å². The van der Waals surface area contributed by atoms with E-state index in [1.807, 2.05) is 0 Å². The minimum atomic E-state index is -1.70. The second-order valence-corrected chi connectivity index (χ2v) is 11.3. The van der Waals surface area contributed by atoms with Crippen LogP contribution in [0.5, 0.6) is 0 Å². The van der Waals surface area contributed by atoms with Gasteiger partial charge in [-0.3, -0.25) is 0 Å². The molecule has 0 amide bonds. The van der Waals surface area contributed by atoms with Crippen molar-refractivity contribution in [3.05, 3.63) is 12.2 Å². The maximum atomic E-state index is 10.7. The lowest BCUT2D eigenvalue weighted by molar-refractivity contribution is -0.359. The molecule has 2 aliphatic heterocycles. The third-order valence-electron chi connectivity index (χ3n) is 7.90. The highest BCUT2D eigenvalue weighted by Gasteiger charge is 2.50.